The Morgan fingerprint density at radius 3 is 2.79 bits per heavy atom. The first-order valence-electron chi connectivity index (χ1n) is 4.13. The Morgan fingerprint density at radius 2 is 2.07 bits per heavy atom. The van der Waals surface area contributed by atoms with Crippen LogP contribution in [0.2, 0.25) is 0 Å². The van der Waals surface area contributed by atoms with Gasteiger partial charge in [0.25, 0.3) is 0 Å². The summed E-state index contributed by atoms with van der Waals surface area (Å²) in [5, 5.41) is 5.04. The van der Waals surface area contributed by atoms with Gasteiger partial charge in [-0.1, -0.05) is 18.2 Å². The van der Waals surface area contributed by atoms with Gasteiger partial charge in [0.1, 0.15) is 0 Å². The fourth-order valence-electron chi connectivity index (χ4n) is 1.02. The fourth-order valence-corrected chi connectivity index (χ4v) is 1.02. The molecule has 1 aliphatic heterocycles. The van der Waals surface area contributed by atoms with E-state index in [9.17, 15) is 4.39 Å². The van der Waals surface area contributed by atoms with Crippen LogP contribution in [0.1, 0.15) is 0 Å². The SMILES string of the molecule is FC1=CC=NN(Nc2ccccc2)N1. The van der Waals surface area contributed by atoms with Gasteiger partial charge in [-0.3, -0.25) is 5.43 Å². The molecule has 14 heavy (non-hydrogen) atoms. The number of hydrogen-bond donors (Lipinski definition) is 2. The number of nitrogens with one attached hydrogen (secondary N) is 2. The molecule has 0 bridgehead atoms. The highest BCUT2D eigenvalue weighted by molar-refractivity contribution is 5.71. The van der Waals surface area contributed by atoms with E-state index in [0.29, 0.717) is 0 Å². The summed E-state index contributed by atoms with van der Waals surface area (Å²) in [5.41, 5.74) is 6.06. The van der Waals surface area contributed by atoms with Gasteiger partial charge in [0.05, 0.1) is 11.9 Å². The molecule has 5 heteroatoms. The molecule has 1 aliphatic rings. The van der Waals surface area contributed by atoms with E-state index in [2.05, 4.69) is 16.0 Å². The van der Waals surface area contributed by atoms with Crippen LogP contribution in [-0.2, 0) is 0 Å². The van der Waals surface area contributed by atoms with Crippen LogP contribution < -0.4 is 10.9 Å². The van der Waals surface area contributed by atoms with Gasteiger partial charge in [-0.2, -0.15) is 4.39 Å². The molecular weight excluding hydrogens is 183 g/mol. The Labute approximate surface area is 80.7 Å². The molecule has 0 aliphatic carbocycles. The second-order valence-corrected chi connectivity index (χ2v) is 2.68. The molecule has 4 nitrogen and oxygen atoms in total. The first kappa shape index (κ1) is 8.55. The zero-order valence-corrected chi connectivity index (χ0v) is 7.31. The van der Waals surface area contributed by atoms with Crippen LogP contribution in [0.3, 0.4) is 0 Å². The zero-order chi connectivity index (χ0) is 9.80. The molecule has 72 valence electrons. The number of hydrazone groups is 1. The van der Waals surface area contributed by atoms with Gasteiger partial charge in [-0.05, 0) is 12.1 Å². The van der Waals surface area contributed by atoms with E-state index in [4.69, 9.17) is 0 Å². The van der Waals surface area contributed by atoms with Gasteiger partial charge in [0.15, 0.2) is 0 Å². The van der Waals surface area contributed by atoms with Crippen molar-refractivity contribution in [2.24, 2.45) is 5.10 Å². The van der Waals surface area contributed by atoms with Gasteiger partial charge >= 0.3 is 0 Å². The summed E-state index contributed by atoms with van der Waals surface area (Å²) >= 11 is 0. The van der Waals surface area contributed by atoms with Crippen molar-refractivity contribution in [1.82, 2.24) is 10.7 Å². The molecule has 0 saturated carbocycles. The molecule has 1 aromatic rings. The van der Waals surface area contributed by atoms with Crippen LogP contribution in [0.15, 0.2) is 47.5 Å². The van der Waals surface area contributed by atoms with Crippen LogP contribution in [0.5, 0.6) is 0 Å². The Balaban J connectivity index is 2.00. The smallest absolute Gasteiger partial charge is 0.210 e. The third kappa shape index (κ3) is 2.01. The Bertz CT molecular complexity index is 360. The minimum atomic E-state index is -0.455. The number of nitrogens with zero attached hydrogens (tertiary/aromatic N) is 2. The summed E-state index contributed by atoms with van der Waals surface area (Å²) in [6.45, 7) is 0. The molecule has 0 saturated heterocycles. The lowest BCUT2D eigenvalue weighted by Crippen LogP contribution is -2.38. The van der Waals surface area contributed by atoms with Crippen molar-refractivity contribution in [3.05, 3.63) is 42.4 Å². The summed E-state index contributed by atoms with van der Waals surface area (Å²) in [5.74, 6) is -0.455. The summed E-state index contributed by atoms with van der Waals surface area (Å²) in [6.07, 6.45) is 2.60. The predicted molar refractivity (Wildman–Crippen MR) is 52.7 cm³/mol. The average Bonchev–Trinajstić information content (AvgIpc) is 2.19. The third-order valence-corrected chi connectivity index (χ3v) is 1.62. The monoisotopic (exact) mass is 192 g/mol. The van der Waals surface area contributed by atoms with Crippen molar-refractivity contribution in [3.63, 3.8) is 0 Å². The maximum atomic E-state index is 12.7. The van der Waals surface area contributed by atoms with Crippen LogP contribution in [0.25, 0.3) is 0 Å². The third-order valence-electron chi connectivity index (χ3n) is 1.62. The molecule has 0 unspecified atom stereocenters. The lowest BCUT2D eigenvalue weighted by Gasteiger charge is -2.22. The highest BCUT2D eigenvalue weighted by Gasteiger charge is 2.05. The molecular formula is C9H9FN4. The molecule has 1 heterocycles. The predicted octanol–water partition coefficient (Wildman–Crippen LogP) is 1.63. The number of para-hydroxylation sites is 1. The molecule has 0 spiro atoms. The molecule has 0 radical (unpaired) electrons. The standard InChI is InChI=1S/C9H9FN4/c10-9-6-7-11-14(13-9)12-8-4-2-1-3-5-8/h1-7,12-13H. The van der Waals surface area contributed by atoms with E-state index in [1.807, 2.05) is 30.3 Å². The van der Waals surface area contributed by atoms with Crippen molar-refractivity contribution in [3.8, 4) is 0 Å². The van der Waals surface area contributed by atoms with E-state index in [1.54, 1.807) is 0 Å². The molecule has 0 amide bonds. The molecule has 2 rings (SSSR count). The van der Waals surface area contributed by atoms with Gasteiger partial charge in [-0.25, -0.2) is 5.43 Å². The highest BCUT2D eigenvalue weighted by Crippen LogP contribution is 2.07. The van der Waals surface area contributed by atoms with Gasteiger partial charge in [0.2, 0.25) is 5.95 Å². The van der Waals surface area contributed by atoms with Crippen molar-refractivity contribution in [2.45, 2.75) is 0 Å². The first-order valence-corrected chi connectivity index (χ1v) is 4.13. The summed E-state index contributed by atoms with van der Waals surface area (Å²) < 4.78 is 12.7. The number of benzene rings is 1. The maximum Gasteiger partial charge on any atom is 0.210 e. The van der Waals surface area contributed by atoms with Crippen molar-refractivity contribution in [1.29, 1.82) is 0 Å². The fraction of sp³-hybridized carbons (Fsp3) is 0. The topological polar surface area (TPSA) is 39.7 Å². The lowest BCUT2D eigenvalue weighted by atomic mass is 10.3. The first-order chi connectivity index (χ1) is 6.84. The number of hydrazine groups is 2. The maximum absolute atomic E-state index is 12.7. The molecule has 0 atom stereocenters. The van der Waals surface area contributed by atoms with E-state index in [1.165, 1.54) is 17.5 Å². The summed E-state index contributed by atoms with van der Waals surface area (Å²) in [7, 11) is 0. The van der Waals surface area contributed by atoms with Crippen molar-refractivity contribution in [2.75, 3.05) is 5.43 Å². The summed E-state index contributed by atoms with van der Waals surface area (Å²) in [6, 6.07) is 9.36. The van der Waals surface area contributed by atoms with Crippen LogP contribution >= 0.6 is 0 Å². The molecule has 0 aromatic heterocycles. The summed E-state index contributed by atoms with van der Waals surface area (Å²) in [4.78, 5) is 0. The van der Waals surface area contributed by atoms with E-state index in [-0.39, 0.29) is 0 Å². The Hall–Kier alpha value is -2.04. The van der Waals surface area contributed by atoms with E-state index >= 15 is 0 Å². The normalized spacial score (nSPS) is 14.6. The van der Waals surface area contributed by atoms with Crippen LogP contribution in [0.4, 0.5) is 10.1 Å². The minimum Gasteiger partial charge on any atom is -0.263 e. The number of allylic oxidation sites excluding steroid dienone is 1. The Kier molecular flexibility index (Phi) is 2.31. The Morgan fingerprint density at radius 1 is 1.29 bits per heavy atom. The van der Waals surface area contributed by atoms with Gasteiger partial charge in [-0.15, -0.1) is 10.3 Å². The second kappa shape index (κ2) is 3.78. The number of halogens is 1. The number of rotatable bonds is 2. The number of anilines is 1. The molecule has 0 fully saturated rings. The molecule has 1 aromatic carbocycles. The molecule has 2 N–H and O–H groups in total. The zero-order valence-electron chi connectivity index (χ0n) is 7.31. The second-order valence-electron chi connectivity index (χ2n) is 2.68. The quantitative estimate of drug-likeness (QED) is 0.699. The largest absolute Gasteiger partial charge is 0.263 e. The highest BCUT2D eigenvalue weighted by atomic mass is 19.1. The van der Waals surface area contributed by atoms with Gasteiger partial charge < -0.3 is 0 Å². The van der Waals surface area contributed by atoms with Crippen LogP contribution in [-0.4, -0.2) is 11.4 Å². The van der Waals surface area contributed by atoms with Crippen molar-refractivity contribution >= 4 is 11.9 Å². The minimum absolute atomic E-state index is 0.455. The van der Waals surface area contributed by atoms with E-state index in [0.717, 1.165) is 5.69 Å². The van der Waals surface area contributed by atoms with Crippen LogP contribution in [0, 0.1) is 0 Å². The van der Waals surface area contributed by atoms with Crippen molar-refractivity contribution < 1.29 is 4.39 Å². The van der Waals surface area contributed by atoms with E-state index < -0.39 is 5.95 Å². The lowest BCUT2D eigenvalue weighted by molar-refractivity contribution is 0.239. The van der Waals surface area contributed by atoms with Gasteiger partial charge in [0, 0.05) is 6.08 Å². The number of hydrogen-bond acceptors (Lipinski definition) is 4. The average molecular weight is 192 g/mol.